The number of piperidine rings is 1. The normalized spacial score (nSPS) is 22.5. The van der Waals surface area contributed by atoms with Crippen LogP contribution < -0.4 is 4.74 Å². The maximum atomic E-state index is 11.3. The lowest BCUT2D eigenvalue weighted by molar-refractivity contribution is -0.126. The number of nitrogens with one attached hydrogen (secondary N) is 1. The number of aromatic nitrogens is 2. The minimum atomic E-state index is -0.0878. The number of hydrogen-bond acceptors (Lipinski definition) is 5. The summed E-state index contributed by atoms with van der Waals surface area (Å²) in [7, 11) is 0. The van der Waals surface area contributed by atoms with Crippen molar-refractivity contribution in [3.8, 4) is 5.75 Å². The smallest absolute Gasteiger partial charge is 0.210 e. The molecule has 2 aliphatic rings. The number of amides is 1. The van der Waals surface area contributed by atoms with E-state index in [-0.39, 0.29) is 12.1 Å². The Morgan fingerprint density at radius 2 is 2.11 bits per heavy atom. The largest absolute Gasteiger partial charge is 0.489 e. The Balaban J connectivity index is 1.46. The van der Waals surface area contributed by atoms with Gasteiger partial charge in [-0.1, -0.05) is 0 Å². The van der Waals surface area contributed by atoms with Gasteiger partial charge in [-0.05, 0) is 38.8 Å². The standard InChI is InChI=1S/C20H28N4O3/c1-14(2)23-5-3-16(4-6-23)27-17-9-15-10-18(22-20(15)21-11-17)19-12-26-8-7-24(19)13-25/h9-11,13-14,16,19H,3-8,12H2,1-2H3,(H,21,22). The van der Waals surface area contributed by atoms with Gasteiger partial charge in [-0.2, -0.15) is 0 Å². The van der Waals surface area contributed by atoms with E-state index in [2.05, 4.69) is 28.7 Å². The molecule has 1 N–H and O–H groups in total. The summed E-state index contributed by atoms with van der Waals surface area (Å²) in [5, 5.41) is 0.999. The van der Waals surface area contributed by atoms with Gasteiger partial charge in [0.05, 0.1) is 25.5 Å². The number of nitrogens with zero attached hydrogens (tertiary/aromatic N) is 3. The third-order valence-electron chi connectivity index (χ3n) is 5.64. The molecule has 4 rings (SSSR count). The number of rotatable bonds is 5. The number of carbonyl (C=O) groups excluding carboxylic acids is 1. The second kappa shape index (κ2) is 7.86. The Morgan fingerprint density at radius 1 is 1.30 bits per heavy atom. The zero-order valence-electron chi connectivity index (χ0n) is 16.1. The molecular weight excluding hydrogens is 344 g/mol. The van der Waals surface area contributed by atoms with Crippen LogP contribution in [0, 0.1) is 0 Å². The van der Waals surface area contributed by atoms with Crippen molar-refractivity contribution in [1.29, 1.82) is 0 Å². The quantitative estimate of drug-likeness (QED) is 0.816. The third-order valence-corrected chi connectivity index (χ3v) is 5.64. The van der Waals surface area contributed by atoms with Crippen LogP contribution >= 0.6 is 0 Å². The lowest BCUT2D eigenvalue weighted by atomic mass is 10.1. The number of likely N-dealkylation sites (tertiary alicyclic amines) is 1. The highest BCUT2D eigenvalue weighted by Crippen LogP contribution is 2.28. The summed E-state index contributed by atoms with van der Waals surface area (Å²) in [6, 6.07) is 4.59. The van der Waals surface area contributed by atoms with E-state index in [9.17, 15) is 4.79 Å². The molecule has 2 aromatic rings. The maximum Gasteiger partial charge on any atom is 0.210 e. The summed E-state index contributed by atoms with van der Waals surface area (Å²) in [5.74, 6) is 0.809. The van der Waals surface area contributed by atoms with Gasteiger partial charge in [0, 0.05) is 36.8 Å². The SMILES string of the molecule is CC(C)N1CCC(Oc2cnc3[nH]c(C4COCCN4C=O)cc3c2)CC1. The Bertz CT molecular complexity index is 783. The molecule has 0 aliphatic carbocycles. The van der Waals surface area contributed by atoms with Gasteiger partial charge in [-0.3, -0.25) is 4.79 Å². The van der Waals surface area contributed by atoms with Crippen LogP contribution in [0.25, 0.3) is 11.0 Å². The van der Waals surface area contributed by atoms with E-state index in [4.69, 9.17) is 9.47 Å². The Hall–Kier alpha value is -2.12. The first-order valence-corrected chi connectivity index (χ1v) is 9.82. The average Bonchev–Trinajstić information content (AvgIpc) is 3.11. The monoisotopic (exact) mass is 372 g/mol. The molecular formula is C20H28N4O3. The van der Waals surface area contributed by atoms with Crippen molar-refractivity contribution < 1.29 is 14.3 Å². The van der Waals surface area contributed by atoms with Gasteiger partial charge in [-0.25, -0.2) is 4.98 Å². The van der Waals surface area contributed by atoms with E-state index in [0.29, 0.717) is 25.8 Å². The number of fused-ring (bicyclic) bond motifs is 1. The van der Waals surface area contributed by atoms with Gasteiger partial charge < -0.3 is 24.3 Å². The molecule has 2 aliphatic heterocycles. The molecule has 7 heteroatoms. The first kappa shape index (κ1) is 18.3. The topological polar surface area (TPSA) is 70.7 Å². The molecule has 0 spiro atoms. The van der Waals surface area contributed by atoms with Crippen LogP contribution in [0.5, 0.6) is 5.75 Å². The lowest BCUT2D eigenvalue weighted by Crippen LogP contribution is -2.41. The zero-order chi connectivity index (χ0) is 18.8. The predicted molar refractivity (Wildman–Crippen MR) is 103 cm³/mol. The van der Waals surface area contributed by atoms with Gasteiger partial charge in [0.2, 0.25) is 6.41 Å². The van der Waals surface area contributed by atoms with Gasteiger partial charge in [0.25, 0.3) is 0 Å². The Morgan fingerprint density at radius 3 is 2.85 bits per heavy atom. The van der Waals surface area contributed by atoms with Crippen molar-refractivity contribution in [2.45, 2.75) is 44.9 Å². The number of hydrogen-bond donors (Lipinski definition) is 1. The zero-order valence-corrected chi connectivity index (χ0v) is 16.1. The van der Waals surface area contributed by atoms with Crippen molar-refractivity contribution >= 4 is 17.4 Å². The highest BCUT2D eigenvalue weighted by atomic mass is 16.5. The predicted octanol–water partition coefficient (Wildman–Crippen LogP) is 2.34. The van der Waals surface area contributed by atoms with Gasteiger partial charge in [0.15, 0.2) is 0 Å². The van der Waals surface area contributed by atoms with Crippen LogP contribution in [0.4, 0.5) is 0 Å². The summed E-state index contributed by atoms with van der Waals surface area (Å²) in [6.07, 6.45) is 5.01. The van der Waals surface area contributed by atoms with Crippen molar-refractivity contribution in [2.75, 3.05) is 32.8 Å². The highest BCUT2D eigenvalue weighted by molar-refractivity contribution is 5.78. The number of aromatic amines is 1. The van der Waals surface area contributed by atoms with E-state index >= 15 is 0 Å². The second-order valence-electron chi connectivity index (χ2n) is 7.71. The van der Waals surface area contributed by atoms with Crippen LogP contribution in [-0.4, -0.2) is 71.2 Å². The van der Waals surface area contributed by atoms with Crippen LogP contribution in [-0.2, 0) is 9.53 Å². The van der Waals surface area contributed by atoms with Crippen molar-refractivity contribution in [1.82, 2.24) is 19.8 Å². The van der Waals surface area contributed by atoms with Crippen LogP contribution in [0.15, 0.2) is 18.3 Å². The van der Waals surface area contributed by atoms with Gasteiger partial charge in [0.1, 0.15) is 17.5 Å². The molecule has 0 radical (unpaired) electrons. The number of morpholine rings is 1. The van der Waals surface area contributed by atoms with Crippen LogP contribution in [0.3, 0.4) is 0 Å². The number of carbonyl (C=O) groups is 1. The van der Waals surface area contributed by atoms with Crippen molar-refractivity contribution in [2.24, 2.45) is 0 Å². The second-order valence-corrected chi connectivity index (χ2v) is 7.71. The Labute approximate surface area is 159 Å². The highest BCUT2D eigenvalue weighted by Gasteiger charge is 2.25. The molecule has 0 bridgehead atoms. The van der Waals surface area contributed by atoms with E-state index in [1.54, 1.807) is 11.1 Å². The third kappa shape index (κ3) is 3.94. The summed E-state index contributed by atoms with van der Waals surface area (Å²) in [4.78, 5) is 23.4. The molecule has 4 heterocycles. The van der Waals surface area contributed by atoms with Gasteiger partial charge >= 0.3 is 0 Å². The minimum Gasteiger partial charge on any atom is -0.489 e. The molecule has 1 atom stereocenters. The molecule has 2 fully saturated rings. The molecule has 7 nitrogen and oxygen atoms in total. The van der Waals surface area contributed by atoms with Crippen LogP contribution in [0.2, 0.25) is 0 Å². The van der Waals surface area contributed by atoms with Crippen molar-refractivity contribution in [3.05, 3.63) is 24.0 Å². The average molecular weight is 372 g/mol. The Kier molecular flexibility index (Phi) is 5.31. The fourth-order valence-electron chi connectivity index (χ4n) is 3.97. The van der Waals surface area contributed by atoms with E-state index < -0.39 is 0 Å². The molecule has 0 aromatic carbocycles. The van der Waals surface area contributed by atoms with Crippen LogP contribution in [0.1, 0.15) is 38.4 Å². The summed E-state index contributed by atoms with van der Waals surface area (Å²) >= 11 is 0. The number of ether oxygens (including phenoxy) is 2. The lowest BCUT2D eigenvalue weighted by Gasteiger charge is -2.34. The number of pyridine rings is 1. The molecule has 0 saturated carbocycles. The van der Waals surface area contributed by atoms with Gasteiger partial charge in [-0.15, -0.1) is 0 Å². The molecule has 1 amide bonds. The molecule has 2 saturated heterocycles. The number of H-pyrrole nitrogens is 1. The molecule has 146 valence electrons. The van der Waals surface area contributed by atoms with Crippen molar-refractivity contribution in [3.63, 3.8) is 0 Å². The summed E-state index contributed by atoms with van der Waals surface area (Å²) < 4.78 is 11.7. The fraction of sp³-hybridized carbons (Fsp3) is 0.600. The molecule has 27 heavy (non-hydrogen) atoms. The molecule has 2 aromatic heterocycles. The van der Waals surface area contributed by atoms with E-state index in [1.165, 1.54) is 0 Å². The maximum absolute atomic E-state index is 11.3. The van der Waals surface area contributed by atoms with E-state index in [0.717, 1.165) is 54.8 Å². The molecule has 1 unspecified atom stereocenters. The van der Waals surface area contributed by atoms with E-state index in [1.807, 2.05) is 12.1 Å². The first-order chi connectivity index (χ1) is 13.1. The fourth-order valence-corrected chi connectivity index (χ4v) is 3.97. The first-order valence-electron chi connectivity index (χ1n) is 9.82. The summed E-state index contributed by atoms with van der Waals surface area (Å²) in [6.45, 7) is 8.34. The summed E-state index contributed by atoms with van der Waals surface area (Å²) in [5.41, 5.74) is 1.76. The minimum absolute atomic E-state index is 0.0878.